The van der Waals surface area contributed by atoms with Gasteiger partial charge in [0.1, 0.15) is 22.8 Å². The van der Waals surface area contributed by atoms with Crippen LogP contribution in [0.15, 0.2) is 47.2 Å². The van der Waals surface area contributed by atoms with Crippen LogP contribution in [-0.2, 0) is 26.2 Å². The Balaban J connectivity index is 1.79. The summed E-state index contributed by atoms with van der Waals surface area (Å²) in [7, 11) is 0. The van der Waals surface area contributed by atoms with Crippen molar-refractivity contribution in [2.24, 2.45) is 17.6 Å². The Morgan fingerprint density at radius 1 is 1.12 bits per heavy atom. The lowest BCUT2D eigenvalue weighted by Crippen LogP contribution is -2.58. The van der Waals surface area contributed by atoms with E-state index in [1.54, 1.807) is 12.1 Å². The van der Waals surface area contributed by atoms with E-state index in [9.17, 15) is 44.9 Å². The molecule has 3 aliphatic rings. The minimum atomic E-state index is -2.66. The van der Waals surface area contributed by atoms with Crippen LogP contribution in [0.1, 0.15) is 50.3 Å². The second-order valence-corrected chi connectivity index (χ2v) is 11.6. The third-order valence-corrected chi connectivity index (χ3v) is 8.24. The van der Waals surface area contributed by atoms with E-state index in [1.807, 2.05) is 20.8 Å². The fraction of sp³-hybridized carbons (Fsp3) is 0.345. The summed E-state index contributed by atoms with van der Waals surface area (Å²) in [6, 6.07) is 7.63. The number of Topliss-reactive ketones (excluding diaryl/α,β-unsaturated/α-hetero) is 2. The number of rotatable bonds is 3. The number of carbonyl (C=O) groups excluding carboxylic acids is 3. The minimum Gasteiger partial charge on any atom is -0.508 e. The predicted molar refractivity (Wildman–Crippen MR) is 142 cm³/mol. The largest absolute Gasteiger partial charge is 0.508 e. The van der Waals surface area contributed by atoms with Crippen molar-refractivity contribution in [1.29, 1.82) is 0 Å². The van der Waals surface area contributed by atoms with Crippen molar-refractivity contribution in [3.63, 3.8) is 0 Å². The van der Waals surface area contributed by atoms with Gasteiger partial charge in [-0.2, -0.15) is 0 Å². The zero-order chi connectivity index (χ0) is 29.5. The van der Waals surface area contributed by atoms with Gasteiger partial charge in [0.15, 0.2) is 11.4 Å². The summed E-state index contributed by atoms with van der Waals surface area (Å²) >= 11 is 0. The first kappa shape index (κ1) is 27.1. The quantitative estimate of drug-likeness (QED) is 0.217. The van der Waals surface area contributed by atoms with Crippen LogP contribution in [-0.4, -0.2) is 48.4 Å². The summed E-state index contributed by atoms with van der Waals surface area (Å²) in [5.41, 5.74) is 2.43. The second kappa shape index (κ2) is 8.75. The van der Waals surface area contributed by atoms with E-state index in [1.165, 1.54) is 18.2 Å². The highest BCUT2D eigenvalue weighted by Crippen LogP contribution is 2.54. The molecule has 11 nitrogen and oxygen atoms in total. The number of aliphatic hydroxyl groups is 3. The van der Waals surface area contributed by atoms with Gasteiger partial charge in [-0.15, -0.1) is 0 Å². The van der Waals surface area contributed by atoms with Crippen molar-refractivity contribution in [3.8, 4) is 16.9 Å². The zero-order valence-corrected chi connectivity index (χ0v) is 22.0. The Morgan fingerprint density at radius 2 is 1.80 bits per heavy atom. The molecule has 1 saturated carbocycles. The number of hydrogen-bond donors (Lipinski definition) is 5. The lowest BCUT2D eigenvalue weighted by molar-refractivity contribution is -0.384. The summed E-state index contributed by atoms with van der Waals surface area (Å²) in [6.45, 7) is 5.48. The Kier molecular flexibility index (Phi) is 5.92. The highest BCUT2D eigenvalue weighted by Gasteiger charge is 2.60. The van der Waals surface area contributed by atoms with E-state index in [2.05, 4.69) is 0 Å². The molecule has 0 heterocycles. The normalized spacial score (nSPS) is 24.4. The third-order valence-electron chi connectivity index (χ3n) is 8.24. The number of aliphatic hydroxyl groups excluding tert-OH is 2. The van der Waals surface area contributed by atoms with Gasteiger partial charge in [0, 0.05) is 35.6 Å². The van der Waals surface area contributed by atoms with E-state index in [4.69, 9.17) is 5.73 Å². The first-order valence-electron chi connectivity index (χ1n) is 12.7. The number of phenolic OH excluding ortho intramolecular Hbond substituents is 1. The molecular weight excluding hydrogens is 520 g/mol. The molecule has 0 aliphatic heterocycles. The number of nitrogens with zero attached hydrogens (tertiary/aromatic N) is 1. The smallest absolute Gasteiger partial charge is 0.270 e. The fourth-order valence-electron chi connectivity index (χ4n) is 6.31. The Bertz CT molecular complexity index is 1610. The van der Waals surface area contributed by atoms with E-state index >= 15 is 0 Å². The molecule has 0 saturated heterocycles. The van der Waals surface area contributed by atoms with Gasteiger partial charge in [-0.25, -0.2) is 0 Å². The number of benzene rings is 2. The minimum absolute atomic E-state index is 0.0148. The van der Waals surface area contributed by atoms with Crippen LogP contribution >= 0.6 is 0 Å². The maximum Gasteiger partial charge on any atom is 0.270 e. The van der Waals surface area contributed by atoms with Gasteiger partial charge in [0.25, 0.3) is 11.6 Å². The van der Waals surface area contributed by atoms with Gasteiger partial charge in [0.2, 0.25) is 5.78 Å². The standard InChI is InChI=1S/C29H28N2O9/c1-28(2,3)18-11-16(12-5-4-6-15(8-12)31(39)40)17-9-13-7-14-10-19(32)22(27(30)37)26(36)29(14,38)25(35)20(13)24(34)21(17)23(18)33/h4-6,8,11,13-14,33-34,36,38H,7,9-10H2,1-3H3,(H2,30,37). The maximum absolute atomic E-state index is 13.8. The van der Waals surface area contributed by atoms with Gasteiger partial charge < -0.3 is 26.2 Å². The molecule has 5 rings (SSSR count). The molecule has 40 heavy (non-hydrogen) atoms. The maximum atomic E-state index is 13.8. The first-order chi connectivity index (χ1) is 18.6. The topological polar surface area (TPSA) is 201 Å². The lowest BCUT2D eigenvalue weighted by Gasteiger charge is -2.46. The number of primary amides is 1. The van der Waals surface area contributed by atoms with E-state index in [0.717, 1.165) is 0 Å². The van der Waals surface area contributed by atoms with Crippen LogP contribution < -0.4 is 5.73 Å². The van der Waals surface area contributed by atoms with Gasteiger partial charge in [-0.05, 0) is 46.9 Å². The van der Waals surface area contributed by atoms with Crippen LogP contribution in [0.25, 0.3) is 16.9 Å². The molecule has 0 aromatic heterocycles. The second-order valence-electron chi connectivity index (χ2n) is 11.6. The van der Waals surface area contributed by atoms with Crippen molar-refractivity contribution in [1.82, 2.24) is 0 Å². The van der Waals surface area contributed by atoms with Crippen molar-refractivity contribution in [2.45, 2.75) is 51.0 Å². The highest BCUT2D eigenvalue weighted by molar-refractivity contribution is 6.22. The van der Waals surface area contributed by atoms with Crippen LogP contribution in [0.3, 0.4) is 0 Å². The molecule has 11 heteroatoms. The molecule has 208 valence electrons. The number of nitro benzene ring substituents is 1. The number of amides is 1. The Morgan fingerprint density at radius 3 is 2.40 bits per heavy atom. The Hall–Kier alpha value is -4.51. The molecule has 1 fully saturated rings. The number of nitrogens with two attached hydrogens (primary N) is 1. The number of non-ortho nitro benzene ring substituents is 1. The van der Waals surface area contributed by atoms with E-state index in [0.29, 0.717) is 22.3 Å². The summed E-state index contributed by atoms with van der Waals surface area (Å²) < 4.78 is 0. The van der Waals surface area contributed by atoms with Crippen LogP contribution in [0.4, 0.5) is 5.69 Å². The monoisotopic (exact) mass is 548 g/mol. The van der Waals surface area contributed by atoms with E-state index in [-0.39, 0.29) is 35.4 Å². The average Bonchev–Trinajstić information content (AvgIpc) is 2.85. The zero-order valence-electron chi connectivity index (χ0n) is 22.0. The summed E-state index contributed by atoms with van der Waals surface area (Å²) in [6.07, 6.45) is -0.350. The van der Waals surface area contributed by atoms with Crippen LogP contribution in [0.2, 0.25) is 0 Å². The van der Waals surface area contributed by atoms with Crippen LogP contribution in [0, 0.1) is 22.0 Å². The SMILES string of the molecule is CC(C)(C)c1cc(-c2cccc([N+](=O)[O-])c2)c2c(c1O)C(O)=C1C(=O)C3(O)C(O)=C(C(N)=O)C(=O)CC3CC1C2. The molecule has 1 amide bonds. The van der Waals surface area contributed by atoms with Crippen molar-refractivity contribution < 1.29 is 39.7 Å². The number of carbonyl (C=O) groups is 3. The predicted octanol–water partition coefficient (Wildman–Crippen LogP) is 3.30. The molecule has 3 unspecified atom stereocenters. The summed E-state index contributed by atoms with van der Waals surface area (Å²) in [5, 5.41) is 56.6. The third kappa shape index (κ3) is 3.72. The molecule has 0 bridgehead atoms. The first-order valence-corrected chi connectivity index (χ1v) is 12.7. The molecule has 0 spiro atoms. The van der Waals surface area contributed by atoms with Crippen molar-refractivity contribution >= 4 is 28.9 Å². The van der Waals surface area contributed by atoms with Gasteiger partial charge in [-0.3, -0.25) is 24.5 Å². The van der Waals surface area contributed by atoms with Crippen LogP contribution in [0.5, 0.6) is 5.75 Å². The fourth-order valence-corrected chi connectivity index (χ4v) is 6.31. The number of ketones is 2. The number of hydrogen-bond acceptors (Lipinski definition) is 9. The van der Waals surface area contributed by atoms with Gasteiger partial charge >= 0.3 is 0 Å². The average molecular weight is 549 g/mol. The lowest BCUT2D eigenvalue weighted by atomic mass is 9.59. The molecule has 2 aromatic rings. The molecule has 6 N–H and O–H groups in total. The van der Waals surface area contributed by atoms with Crippen molar-refractivity contribution in [2.75, 3.05) is 0 Å². The Labute approximate surface area is 228 Å². The van der Waals surface area contributed by atoms with E-state index < -0.39 is 68.8 Å². The number of nitro groups is 1. The molecule has 2 aromatic carbocycles. The number of fused-ring (bicyclic) bond motifs is 3. The summed E-state index contributed by atoms with van der Waals surface area (Å²) in [5.74, 6) is -7.03. The number of phenols is 1. The van der Waals surface area contributed by atoms with Gasteiger partial charge in [-0.1, -0.05) is 32.9 Å². The molecule has 3 atom stereocenters. The molecule has 3 aliphatic carbocycles. The highest BCUT2D eigenvalue weighted by atomic mass is 16.6. The van der Waals surface area contributed by atoms with Gasteiger partial charge in [0.05, 0.1) is 10.5 Å². The summed E-state index contributed by atoms with van der Waals surface area (Å²) in [4.78, 5) is 49.2. The van der Waals surface area contributed by atoms with Crippen molar-refractivity contribution in [3.05, 3.63) is 74.0 Å². The molecular formula is C29H28N2O9. The molecule has 0 radical (unpaired) electrons. The number of aromatic hydroxyl groups is 1.